The standard InChI is InChI=1S/C22H27N3O3/c1-16(2)18-4-3-5-20(14-18)28-15-21(26)25-12-8-19(9-13-25)24-22(27)17-6-10-23-11-7-17/h3-7,10-11,14,16,19H,8-9,12-13,15H2,1-2H3,(H,24,27). The first-order chi connectivity index (χ1) is 13.5. The molecule has 0 aliphatic carbocycles. The number of rotatable bonds is 6. The quantitative estimate of drug-likeness (QED) is 0.835. The third-order valence-corrected chi connectivity index (χ3v) is 5.01. The Hall–Kier alpha value is -2.89. The number of hydrogen-bond acceptors (Lipinski definition) is 4. The van der Waals surface area contributed by atoms with E-state index in [1.165, 1.54) is 5.56 Å². The van der Waals surface area contributed by atoms with E-state index in [1.807, 2.05) is 18.2 Å². The SMILES string of the molecule is CC(C)c1cccc(OCC(=O)N2CCC(NC(=O)c3ccncc3)CC2)c1. The zero-order valence-corrected chi connectivity index (χ0v) is 16.4. The van der Waals surface area contributed by atoms with Crippen molar-refractivity contribution in [3.63, 3.8) is 0 Å². The molecule has 2 heterocycles. The van der Waals surface area contributed by atoms with E-state index in [1.54, 1.807) is 29.4 Å². The number of aromatic nitrogens is 1. The van der Waals surface area contributed by atoms with E-state index in [0.29, 0.717) is 24.6 Å². The van der Waals surface area contributed by atoms with Gasteiger partial charge in [-0.05, 0) is 48.6 Å². The number of amides is 2. The molecule has 6 heteroatoms. The van der Waals surface area contributed by atoms with Crippen LogP contribution in [0.15, 0.2) is 48.8 Å². The monoisotopic (exact) mass is 381 g/mol. The fourth-order valence-electron chi connectivity index (χ4n) is 3.25. The summed E-state index contributed by atoms with van der Waals surface area (Å²) in [5.41, 5.74) is 1.79. The molecular formula is C22H27N3O3. The minimum absolute atomic E-state index is 0.0196. The van der Waals surface area contributed by atoms with E-state index in [-0.39, 0.29) is 24.5 Å². The number of piperidine rings is 1. The fourth-order valence-corrected chi connectivity index (χ4v) is 3.25. The van der Waals surface area contributed by atoms with Gasteiger partial charge in [-0.1, -0.05) is 26.0 Å². The van der Waals surface area contributed by atoms with Crippen LogP contribution in [0.3, 0.4) is 0 Å². The van der Waals surface area contributed by atoms with Gasteiger partial charge in [-0.15, -0.1) is 0 Å². The average molecular weight is 381 g/mol. The second kappa shape index (κ2) is 9.35. The van der Waals surface area contributed by atoms with Crippen LogP contribution in [-0.4, -0.2) is 47.4 Å². The Balaban J connectivity index is 1.44. The van der Waals surface area contributed by atoms with Crippen molar-refractivity contribution >= 4 is 11.8 Å². The molecular weight excluding hydrogens is 354 g/mol. The topological polar surface area (TPSA) is 71.5 Å². The van der Waals surface area contributed by atoms with Gasteiger partial charge in [0.2, 0.25) is 0 Å². The van der Waals surface area contributed by atoms with Crippen LogP contribution < -0.4 is 10.1 Å². The summed E-state index contributed by atoms with van der Waals surface area (Å²) < 4.78 is 5.69. The smallest absolute Gasteiger partial charge is 0.260 e. The first kappa shape index (κ1) is 19.9. The Kier molecular flexibility index (Phi) is 6.63. The van der Waals surface area contributed by atoms with E-state index >= 15 is 0 Å². The summed E-state index contributed by atoms with van der Waals surface area (Å²) >= 11 is 0. The van der Waals surface area contributed by atoms with Crippen molar-refractivity contribution in [1.29, 1.82) is 0 Å². The van der Waals surface area contributed by atoms with Crippen molar-refractivity contribution in [2.75, 3.05) is 19.7 Å². The van der Waals surface area contributed by atoms with Crippen molar-refractivity contribution in [2.24, 2.45) is 0 Å². The normalized spacial score (nSPS) is 14.8. The van der Waals surface area contributed by atoms with Crippen molar-refractivity contribution in [2.45, 2.75) is 38.6 Å². The lowest BCUT2D eigenvalue weighted by Gasteiger charge is -2.32. The van der Waals surface area contributed by atoms with E-state index in [0.717, 1.165) is 18.6 Å². The number of carbonyl (C=O) groups is 2. The first-order valence-electron chi connectivity index (χ1n) is 9.74. The van der Waals surface area contributed by atoms with Crippen LogP contribution in [0.4, 0.5) is 0 Å². The Morgan fingerprint density at radius 1 is 1.18 bits per heavy atom. The van der Waals surface area contributed by atoms with Gasteiger partial charge in [-0.2, -0.15) is 0 Å². The summed E-state index contributed by atoms with van der Waals surface area (Å²) in [4.78, 5) is 30.4. The van der Waals surface area contributed by atoms with E-state index in [4.69, 9.17) is 4.74 Å². The molecule has 148 valence electrons. The van der Waals surface area contributed by atoms with Crippen LogP contribution >= 0.6 is 0 Å². The number of likely N-dealkylation sites (tertiary alicyclic amines) is 1. The van der Waals surface area contributed by atoms with Crippen molar-refractivity contribution in [3.8, 4) is 5.75 Å². The van der Waals surface area contributed by atoms with Crippen LogP contribution in [0.1, 0.15) is 48.5 Å². The molecule has 1 fully saturated rings. The highest BCUT2D eigenvalue weighted by Gasteiger charge is 2.24. The van der Waals surface area contributed by atoms with Gasteiger partial charge < -0.3 is 15.0 Å². The molecule has 1 aliphatic heterocycles. The lowest BCUT2D eigenvalue weighted by molar-refractivity contribution is -0.134. The summed E-state index contributed by atoms with van der Waals surface area (Å²) in [6.07, 6.45) is 4.69. The molecule has 2 amide bonds. The van der Waals surface area contributed by atoms with Gasteiger partial charge in [0, 0.05) is 37.1 Å². The van der Waals surface area contributed by atoms with Crippen molar-refractivity contribution in [1.82, 2.24) is 15.2 Å². The molecule has 0 atom stereocenters. The summed E-state index contributed by atoms with van der Waals surface area (Å²) in [6, 6.07) is 11.3. The number of ether oxygens (including phenoxy) is 1. The number of benzene rings is 1. The maximum atomic E-state index is 12.4. The average Bonchev–Trinajstić information content (AvgIpc) is 2.73. The molecule has 2 aromatic rings. The zero-order chi connectivity index (χ0) is 19.9. The van der Waals surface area contributed by atoms with E-state index in [2.05, 4.69) is 30.2 Å². The Labute approximate surface area is 165 Å². The molecule has 1 saturated heterocycles. The molecule has 0 unspecified atom stereocenters. The molecule has 1 N–H and O–H groups in total. The van der Waals surface area contributed by atoms with Gasteiger partial charge >= 0.3 is 0 Å². The van der Waals surface area contributed by atoms with Crippen molar-refractivity contribution < 1.29 is 14.3 Å². The predicted octanol–water partition coefficient (Wildman–Crippen LogP) is 3.00. The predicted molar refractivity (Wildman–Crippen MR) is 107 cm³/mol. The highest BCUT2D eigenvalue weighted by atomic mass is 16.5. The van der Waals surface area contributed by atoms with Crippen LogP contribution in [-0.2, 0) is 4.79 Å². The van der Waals surface area contributed by atoms with Gasteiger partial charge in [-0.25, -0.2) is 0 Å². The highest BCUT2D eigenvalue weighted by molar-refractivity contribution is 5.94. The maximum absolute atomic E-state index is 12.4. The first-order valence-corrected chi connectivity index (χ1v) is 9.74. The lowest BCUT2D eigenvalue weighted by atomic mass is 10.0. The lowest BCUT2D eigenvalue weighted by Crippen LogP contribution is -2.47. The summed E-state index contributed by atoms with van der Waals surface area (Å²) in [6.45, 7) is 5.53. The Bertz CT molecular complexity index is 800. The zero-order valence-electron chi connectivity index (χ0n) is 16.4. The molecule has 28 heavy (non-hydrogen) atoms. The Morgan fingerprint density at radius 3 is 2.57 bits per heavy atom. The van der Waals surface area contributed by atoms with E-state index < -0.39 is 0 Å². The van der Waals surface area contributed by atoms with Crippen molar-refractivity contribution in [3.05, 3.63) is 59.9 Å². The van der Waals surface area contributed by atoms with Crippen LogP contribution in [0.25, 0.3) is 0 Å². The number of nitrogens with one attached hydrogen (secondary N) is 1. The highest BCUT2D eigenvalue weighted by Crippen LogP contribution is 2.20. The molecule has 0 spiro atoms. The molecule has 1 aromatic carbocycles. The largest absolute Gasteiger partial charge is 0.484 e. The van der Waals surface area contributed by atoms with Crippen LogP contribution in [0.2, 0.25) is 0 Å². The van der Waals surface area contributed by atoms with Crippen LogP contribution in [0.5, 0.6) is 5.75 Å². The summed E-state index contributed by atoms with van der Waals surface area (Å²) in [5.74, 6) is 1.02. The number of pyridine rings is 1. The second-order valence-corrected chi connectivity index (χ2v) is 7.38. The molecule has 0 radical (unpaired) electrons. The number of carbonyl (C=O) groups excluding carboxylic acids is 2. The van der Waals surface area contributed by atoms with Crippen LogP contribution in [0, 0.1) is 0 Å². The molecule has 0 bridgehead atoms. The minimum atomic E-state index is -0.0967. The van der Waals surface area contributed by atoms with Gasteiger partial charge in [0.1, 0.15) is 5.75 Å². The minimum Gasteiger partial charge on any atom is -0.484 e. The van der Waals surface area contributed by atoms with Gasteiger partial charge in [0.15, 0.2) is 6.61 Å². The Morgan fingerprint density at radius 2 is 1.89 bits per heavy atom. The molecule has 1 aromatic heterocycles. The third kappa shape index (κ3) is 5.31. The number of hydrogen-bond donors (Lipinski definition) is 1. The fraction of sp³-hybridized carbons (Fsp3) is 0.409. The third-order valence-electron chi connectivity index (χ3n) is 5.01. The maximum Gasteiger partial charge on any atom is 0.260 e. The molecule has 6 nitrogen and oxygen atoms in total. The summed E-state index contributed by atoms with van der Waals surface area (Å²) in [7, 11) is 0. The second-order valence-electron chi connectivity index (χ2n) is 7.38. The van der Waals surface area contributed by atoms with Gasteiger partial charge in [-0.3, -0.25) is 14.6 Å². The molecule has 3 rings (SSSR count). The molecule has 1 aliphatic rings. The summed E-state index contributed by atoms with van der Waals surface area (Å²) in [5, 5.41) is 3.03. The van der Waals surface area contributed by atoms with Gasteiger partial charge in [0.25, 0.3) is 11.8 Å². The molecule has 0 saturated carbocycles. The number of nitrogens with zero attached hydrogens (tertiary/aromatic N) is 2. The van der Waals surface area contributed by atoms with E-state index in [9.17, 15) is 9.59 Å². The van der Waals surface area contributed by atoms with Gasteiger partial charge in [0.05, 0.1) is 0 Å².